The highest BCUT2D eigenvalue weighted by Gasteiger charge is 2.30. The summed E-state index contributed by atoms with van der Waals surface area (Å²) in [6.07, 6.45) is 1.12. The number of nitrogens with zero attached hydrogens (tertiary/aromatic N) is 1. The van der Waals surface area contributed by atoms with Gasteiger partial charge in [-0.25, -0.2) is 14.4 Å². The van der Waals surface area contributed by atoms with Gasteiger partial charge in [-0.1, -0.05) is 61.5 Å². The van der Waals surface area contributed by atoms with Crippen molar-refractivity contribution in [2.75, 3.05) is 32.8 Å². The fourth-order valence-corrected chi connectivity index (χ4v) is 6.65. The standard InChI is InChI=1S/C51H73N9O11/c1-8-41(62)54-29-30-56-48(67)60-47(52)55-28-15-20-39(44(64)57-33-34-21-23-37(61)24-22-34)58-45(65)43(35-16-10-9-11-17-35)36-18-14-19-38(32-36)69-31-13-12-27-53-42(63)26-25-40(46(66)70-50(2,3)4)59-49(68)71-51(5,6)7/h9-11,14,16-19,21-24,32,39-40,43,61H,8,12-13,15,20,25-31,33H2,1-7H3,(H,53,63)(H,54,62)(H,57,64)(H,58,65)(H,59,68)(H4,52,55,56,60,67)/t39-,40-,43?/m1/s1. The normalized spacial score (nSPS) is 12.7. The highest BCUT2D eigenvalue weighted by atomic mass is 16.6. The van der Waals surface area contributed by atoms with Crippen molar-refractivity contribution in [1.82, 2.24) is 37.2 Å². The first-order chi connectivity index (χ1) is 33.6. The number of carbonyl (C=O) groups is 7. The van der Waals surface area contributed by atoms with Crippen molar-refractivity contribution >= 4 is 47.7 Å². The van der Waals surface area contributed by atoms with Gasteiger partial charge in [0.25, 0.3) is 0 Å². The lowest BCUT2D eigenvalue weighted by atomic mass is 9.90. The van der Waals surface area contributed by atoms with Gasteiger partial charge >= 0.3 is 18.1 Å². The molecule has 0 spiro atoms. The maximum atomic E-state index is 14.4. The van der Waals surface area contributed by atoms with Gasteiger partial charge in [-0.05, 0) is 115 Å². The van der Waals surface area contributed by atoms with Gasteiger partial charge in [0.1, 0.15) is 34.8 Å². The van der Waals surface area contributed by atoms with E-state index in [9.17, 15) is 38.7 Å². The molecule has 0 fully saturated rings. The van der Waals surface area contributed by atoms with Crippen LogP contribution in [-0.2, 0) is 40.0 Å². The zero-order chi connectivity index (χ0) is 52.4. The number of urea groups is 1. The third-order valence-electron chi connectivity index (χ3n) is 10.1. The van der Waals surface area contributed by atoms with Crippen LogP contribution in [0.15, 0.2) is 83.9 Å². The molecule has 388 valence electrons. The zero-order valence-corrected chi connectivity index (χ0v) is 42.0. The molecule has 10 N–H and O–H groups in total. The Balaban J connectivity index is 1.62. The van der Waals surface area contributed by atoms with Crippen molar-refractivity contribution in [3.63, 3.8) is 0 Å². The predicted octanol–water partition coefficient (Wildman–Crippen LogP) is 4.54. The number of carbonyl (C=O) groups excluding carboxylic acids is 7. The number of phenolic OH excluding ortho intramolecular Hbond substituents is 1. The maximum absolute atomic E-state index is 14.4. The average molecular weight is 988 g/mol. The summed E-state index contributed by atoms with van der Waals surface area (Å²) in [6, 6.07) is 19.9. The molecule has 0 radical (unpaired) electrons. The van der Waals surface area contributed by atoms with Crippen molar-refractivity contribution < 1.29 is 52.9 Å². The summed E-state index contributed by atoms with van der Waals surface area (Å²) >= 11 is 0. The maximum Gasteiger partial charge on any atom is 0.408 e. The second-order valence-electron chi connectivity index (χ2n) is 18.5. The lowest BCUT2D eigenvalue weighted by Gasteiger charge is -2.26. The first kappa shape index (κ1) is 57.9. The molecule has 0 aliphatic heterocycles. The molecule has 20 nitrogen and oxygen atoms in total. The van der Waals surface area contributed by atoms with Crippen LogP contribution in [0.3, 0.4) is 0 Å². The summed E-state index contributed by atoms with van der Waals surface area (Å²) < 4.78 is 16.8. The average Bonchev–Trinajstić information content (AvgIpc) is 3.30. The van der Waals surface area contributed by atoms with Gasteiger partial charge in [0.05, 0.1) is 12.5 Å². The largest absolute Gasteiger partial charge is 0.508 e. The predicted molar refractivity (Wildman–Crippen MR) is 268 cm³/mol. The Labute approximate surface area is 416 Å². The van der Waals surface area contributed by atoms with Crippen molar-refractivity contribution in [2.24, 2.45) is 10.7 Å². The third kappa shape index (κ3) is 24.1. The fraction of sp³-hybridized carbons (Fsp3) is 0.490. The molecule has 7 amide bonds. The number of phenols is 1. The minimum atomic E-state index is -1.09. The molecule has 3 aromatic rings. The van der Waals surface area contributed by atoms with E-state index in [1.165, 1.54) is 12.1 Å². The van der Waals surface area contributed by atoms with E-state index in [0.717, 1.165) is 5.56 Å². The lowest BCUT2D eigenvalue weighted by Crippen LogP contribution is -2.48. The van der Waals surface area contributed by atoms with Crippen molar-refractivity contribution in [2.45, 2.75) is 129 Å². The Hall–Kier alpha value is -7.38. The smallest absolute Gasteiger partial charge is 0.408 e. The number of rotatable bonds is 26. The van der Waals surface area contributed by atoms with E-state index in [1.807, 2.05) is 30.3 Å². The van der Waals surface area contributed by atoms with Gasteiger partial charge in [0, 0.05) is 45.6 Å². The number of hydrogen-bond acceptors (Lipinski definition) is 12. The Morgan fingerprint density at radius 3 is 2.01 bits per heavy atom. The molecule has 0 saturated carbocycles. The number of unbranched alkanes of at least 4 members (excludes halogenated alkanes) is 1. The second kappa shape index (κ2) is 29.6. The number of benzene rings is 3. The van der Waals surface area contributed by atoms with Crippen LogP contribution in [0.5, 0.6) is 11.5 Å². The molecule has 20 heteroatoms. The van der Waals surface area contributed by atoms with Gasteiger partial charge in [0.15, 0.2) is 5.96 Å². The number of nitrogens with one attached hydrogen (secondary N) is 7. The molecule has 0 aromatic heterocycles. The molecule has 1 unspecified atom stereocenters. The Morgan fingerprint density at radius 1 is 0.676 bits per heavy atom. The summed E-state index contributed by atoms with van der Waals surface area (Å²) in [7, 11) is 0. The summed E-state index contributed by atoms with van der Waals surface area (Å²) in [5, 5.41) is 28.5. The highest BCUT2D eigenvalue weighted by molar-refractivity contribution is 5.95. The number of amides is 7. The molecule has 0 heterocycles. The van der Waals surface area contributed by atoms with Crippen LogP contribution in [0.4, 0.5) is 9.59 Å². The molecule has 71 heavy (non-hydrogen) atoms. The molecule has 0 saturated heterocycles. The van der Waals surface area contributed by atoms with E-state index in [4.69, 9.17) is 19.9 Å². The number of guanidine groups is 1. The SMILES string of the molecule is CCC(=O)NCCNC(=O)NC(N)=NCCC[C@@H](NC(=O)C(c1ccccc1)c1cccc(OCCCCNC(=O)CC[C@@H](NC(=O)OC(C)(C)C)C(=O)OC(C)(C)C)c1)C(=O)NCc1ccc(O)cc1. The van der Waals surface area contributed by atoms with Gasteiger partial charge in [-0.3, -0.25) is 29.5 Å². The van der Waals surface area contributed by atoms with Crippen molar-refractivity contribution in [3.8, 4) is 11.5 Å². The van der Waals surface area contributed by atoms with E-state index in [-0.39, 0.29) is 69.0 Å². The number of alkyl carbamates (subject to hydrolysis) is 1. The van der Waals surface area contributed by atoms with E-state index in [1.54, 1.807) is 84.9 Å². The Bertz CT molecular complexity index is 2230. The van der Waals surface area contributed by atoms with Crippen LogP contribution in [0.1, 0.15) is 116 Å². The summed E-state index contributed by atoms with van der Waals surface area (Å²) in [4.78, 5) is 94.0. The van der Waals surface area contributed by atoms with Crippen LogP contribution < -0.4 is 47.7 Å². The van der Waals surface area contributed by atoms with Gasteiger partial charge in [0.2, 0.25) is 23.6 Å². The summed E-state index contributed by atoms with van der Waals surface area (Å²) in [6.45, 7) is 13.3. The second-order valence-corrected chi connectivity index (χ2v) is 18.5. The molecule has 0 aliphatic rings. The van der Waals surface area contributed by atoms with Crippen LogP contribution in [0, 0.1) is 0 Å². The summed E-state index contributed by atoms with van der Waals surface area (Å²) in [5.74, 6) is -2.41. The van der Waals surface area contributed by atoms with Gasteiger partial charge in [-0.2, -0.15) is 0 Å². The molecular formula is C51H73N9O11. The number of ether oxygens (including phenoxy) is 3. The lowest BCUT2D eigenvalue weighted by molar-refractivity contribution is -0.157. The number of aliphatic imine (C=N–C) groups is 1. The number of esters is 1. The van der Waals surface area contributed by atoms with Crippen LogP contribution >= 0.6 is 0 Å². The zero-order valence-electron chi connectivity index (χ0n) is 42.0. The Kier molecular flexibility index (Phi) is 24.2. The van der Waals surface area contributed by atoms with E-state index in [2.05, 4.69) is 42.2 Å². The summed E-state index contributed by atoms with van der Waals surface area (Å²) in [5.41, 5.74) is 6.36. The van der Waals surface area contributed by atoms with E-state index < -0.39 is 59.1 Å². The monoisotopic (exact) mass is 988 g/mol. The number of nitrogens with two attached hydrogens (primary N) is 1. The van der Waals surface area contributed by atoms with E-state index >= 15 is 0 Å². The first-order valence-electron chi connectivity index (χ1n) is 23.9. The molecule has 3 atom stereocenters. The van der Waals surface area contributed by atoms with E-state index in [0.29, 0.717) is 55.7 Å². The molecule has 0 bridgehead atoms. The highest BCUT2D eigenvalue weighted by Crippen LogP contribution is 2.28. The minimum Gasteiger partial charge on any atom is -0.508 e. The minimum absolute atomic E-state index is 0.00637. The third-order valence-corrected chi connectivity index (χ3v) is 10.1. The van der Waals surface area contributed by atoms with Crippen molar-refractivity contribution in [1.29, 1.82) is 0 Å². The number of aromatic hydroxyl groups is 1. The Morgan fingerprint density at radius 2 is 1.34 bits per heavy atom. The van der Waals surface area contributed by atoms with Crippen LogP contribution in [-0.4, -0.2) is 109 Å². The van der Waals surface area contributed by atoms with Crippen LogP contribution in [0.2, 0.25) is 0 Å². The molecule has 3 rings (SSSR count). The topological polar surface area (TPSA) is 290 Å². The quantitative estimate of drug-likeness (QED) is 0.0232. The van der Waals surface area contributed by atoms with Crippen LogP contribution in [0.25, 0.3) is 0 Å². The van der Waals surface area contributed by atoms with Gasteiger partial charge < -0.3 is 57.0 Å². The van der Waals surface area contributed by atoms with Crippen molar-refractivity contribution in [3.05, 3.63) is 95.6 Å². The number of hydrogen-bond donors (Lipinski definition) is 9. The first-order valence-corrected chi connectivity index (χ1v) is 23.9. The molecule has 3 aromatic carbocycles. The van der Waals surface area contributed by atoms with Gasteiger partial charge in [-0.15, -0.1) is 0 Å². The molecular weight excluding hydrogens is 915 g/mol. The fourth-order valence-electron chi connectivity index (χ4n) is 6.65. The molecule has 0 aliphatic carbocycles.